The molecule has 0 aliphatic carbocycles. The molecule has 19 heavy (non-hydrogen) atoms. The van der Waals surface area contributed by atoms with Crippen molar-refractivity contribution in [1.29, 1.82) is 0 Å². The molecule has 5 nitrogen and oxygen atoms in total. The molecule has 0 saturated carbocycles. The lowest BCUT2D eigenvalue weighted by Crippen LogP contribution is -1.90. The van der Waals surface area contributed by atoms with Crippen molar-refractivity contribution in [2.75, 3.05) is 0 Å². The average molecular weight is 277 g/mol. The fraction of sp³-hybridized carbons (Fsp3) is 0. The highest BCUT2D eigenvalue weighted by Crippen LogP contribution is 2.22. The molecule has 0 atom stereocenters. The van der Waals surface area contributed by atoms with E-state index in [9.17, 15) is 15.2 Å². The maximum atomic E-state index is 10.6. The van der Waals surface area contributed by atoms with E-state index in [2.05, 4.69) is 4.99 Å². The number of nitrogens with zero attached hydrogens (tertiary/aromatic N) is 2. The van der Waals surface area contributed by atoms with Gasteiger partial charge in [-0.2, -0.15) is 0 Å². The van der Waals surface area contributed by atoms with Crippen molar-refractivity contribution >= 4 is 29.2 Å². The van der Waals surface area contributed by atoms with Gasteiger partial charge in [0.1, 0.15) is 5.75 Å². The van der Waals surface area contributed by atoms with Crippen molar-refractivity contribution in [3.8, 4) is 5.75 Å². The second-order valence-electron chi connectivity index (χ2n) is 3.73. The van der Waals surface area contributed by atoms with Crippen LogP contribution < -0.4 is 0 Å². The molecule has 0 heterocycles. The summed E-state index contributed by atoms with van der Waals surface area (Å²) in [5.41, 5.74) is 0.815. The van der Waals surface area contributed by atoms with Crippen molar-refractivity contribution in [2.45, 2.75) is 0 Å². The Morgan fingerprint density at radius 2 is 1.89 bits per heavy atom. The number of non-ortho nitro benzene ring substituents is 1. The summed E-state index contributed by atoms with van der Waals surface area (Å²) in [6.07, 6.45) is 1.37. The van der Waals surface area contributed by atoms with E-state index in [1.165, 1.54) is 24.4 Å². The number of halogens is 1. The van der Waals surface area contributed by atoms with Crippen LogP contribution in [0.5, 0.6) is 5.75 Å². The van der Waals surface area contributed by atoms with Crippen LogP contribution in [0.2, 0.25) is 5.02 Å². The van der Waals surface area contributed by atoms with Crippen LogP contribution >= 0.6 is 11.6 Å². The SMILES string of the molecule is O=[N+]([O-])c1ccc(O)c(/C=N/c2ccc(Cl)cc2)c1. The summed E-state index contributed by atoms with van der Waals surface area (Å²) < 4.78 is 0. The molecule has 0 spiro atoms. The predicted molar refractivity (Wildman–Crippen MR) is 73.5 cm³/mol. The molecule has 0 aromatic heterocycles. The van der Waals surface area contributed by atoms with Gasteiger partial charge in [0.2, 0.25) is 0 Å². The van der Waals surface area contributed by atoms with Crippen LogP contribution in [0.15, 0.2) is 47.5 Å². The zero-order chi connectivity index (χ0) is 13.8. The highest BCUT2D eigenvalue weighted by atomic mass is 35.5. The Kier molecular flexibility index (Phi) is 3.77. The van der Waals surface area contributed by atoms with E-state index in [1.54, 1.807) is 24.3 Å². The molecule has 0 saturated heterocycles. The maximum absolute atomic E-state index is 10.6. The van der Waals surface area contributed by atoms with E-state index in [0.717, 1.165) is 0 Å². The van der Waals surface area contributed by atoms with E-state index in [4.69, 9.17) is 11.6 Å². The summed E-state index contributed by atoms with van der Waals surface area (Å²) in [6.45, 7) is 0. The third-order valence-electron chi connectivity index (χ3n) is 2.40. The Balaban J connectivity index is 2.29. The first kappa shape index (κ1) is 13.0. The quantitative estimate of drug-likeness (QED) is 0.527. The van der Waals surface area contributed by atoms with Gasteiger partial charge in [-0.1, -0.05) is 11.6 Å². The number of aliphatic imine (C=N–C) groups is 1. The summed E-state index contributed by atoms with van der Waals surface area (Å²) in [4.78, 5) is 14.2. The molecule has 0 fully saturated rings. The number of benzene rings is 2. The number of rotatable bonds is 3. The summed E-state index contributed by atoms with van der Waals surface area (Å²) in [5, 5.41) is 20.8. The molecule has 2 rings (SSSR count). The average Bonchev–Trinajstić information content (AvgIpc) is 2.39. The highest BCUT2D eigenvalue weighted by molar-refractivity contribution is 6.30. The van der Waals surface area contributed by atoms with Crippen LogP contribution in [-0.4, -0.2) is 16.2 Å². The molecule has 0 aliphatic rings. The molecular formula is C13H9ClN2O3. The lowest BCUT2D eigenvalue weighted by molar-refractivity contribution is -0.384. The second-order valence-corrected chi connectivity index (χ2v) is 4.17. The molecular weight excluding hydrogens is 268 g/mol. The van der Waals surface area contributed by atoms with E-state index in [1.807, 2.05) is 0 Å². The fourth-order valence-corrected chi connectivity index (χ4v) is 1.56. The first-order valence-electron chi connectivity index (χ1n) is 5.33. The molecule has 1 N–H and O–H groups in total. The summed E-state index contributed by atoms with van der Waals surface area (Å²) in [5.74, 6) is -0.0664. The Morgan fingerprint density at radius 3 is 2.53 bits per heavy atom. The minimum Gasteiger partial charge on any atom is -0.507 e. The van der Waals surface area contributed by atoms with Crippen molar-refractivity contribution in [3.05, 3.63) is 63.2 Å². The molecule has 96 valence electrons. The van der Waals surface area contributed by atoms with Crippen molar-refractivity contribution in [1.82, 2.24) is 0 Å². The van der Waals surface area contributed by atoms with Gasteiger partial charge >= 0.3 is 0 Å². The Labute approximate surface area is 113 Å². The minimum absolute atomic E-state index is 0.0664. The van der Waals surface area contributed by atoms with Gasteiger partial charge in [-0.3, -0.25) is 15.1 Å². The summed E-state index contributed by atoms with van der Waals surface area (Å²) in [6, 6.07) is 10.5. The standard InChI is InChI=1S/C13H9ClN2O3/c14-10-1-3-11(4-2-10)15-8-9-7-12(16(18)19)5-6-13(9)17/h1-8,17H/b15-8+. The molecule has 0 bridgehead atoms. The molecule has 0 amide bonds. The second kappa shape index (κ2) is 5.49. The van der Waals surface area contributed by atoms with Crippen LogP contribution in [-0.2, 0) is 0 Å². The number of aromatic hydroxyl groups is 1. The van der Waals surface area contributed by atoms with E-state index < -0.39 is 4.92 Å². The predicted octanol–water partition coefficient (Wildman–Crippen LogP) is 3.70. The lowest BCUT2D eigenvalue weighted by atomic mass is 10.2. The van der Waals surface area contributed by atoms with E-state index in [-0.39, 0.29) is 17.0 Å². The van der Waals surface area contributed by atoms with Crippen LogP contribution in [0.1, 0.15) is 5.56 Å². The lowest BCUT2D eigenvalue weighted by Gasteiger charge is -1.99. The van der Waals surface area contributed by atoms with Gasteiger partial charge < -0.3 is 5.11 Å². The number of nitro groups is 1. The van der Waals surface area contributed by atoms with Gasteiger partial charge in [-0.15, -0.1) is 0 Å². The van der Waals surface area contributed by atoms with Gasteiger partial charge in [-0.25, -0.2) is 0 Å². The van der Waals surface area contributed by atoms with Gasteiger partial charge in [-0.05, 0) is 30.3 Å². The van der Waals surface area contributed by atoms with Crippen LogP contribution in [0, 0.1) is 10.1 Å². The first-order valence-corrected chi connectivity index (χ1v) is 5.71. The van der Waals surface area contributed by atoms with Crippen molar-refractivity contribution < 1.29 is 10.0 Å². The number of nitro benzene ring substituents is 1. The van der Waals surface area contributed by atoms with Crippen molar-refractivity contribution in [3.63, 3.8) is 0 Å². The Morgan fingerprint density at radius 1 is 1.21 bits per heavy atom. The molecule has 2 aromatic rings. The minimum atomic E-state index is -0.529. The number of phenolic OH excluding ortho intramolecular Hbond substituents is 1. The number of hydrogen-bond acceptors (Lipinski definition) is 4. The Bertz CT molecular complexity index is 639. The molecule has 2 aromatic carbocycles. The number of phenols is 1. The normalized spacial score (nSPS) is 10.8. The van der Waals surface area contributed by atoms with Gasteiger partial charge in [0.15, 0.2) is 0 Å². The van der Waals surface area contributed by atoms with Crippen LogP contribution in [0.25, 0.3) is 0 Å². The Hall–Kier alpha value is -2.40. The van der Waals surface area contributed by atoms with Crippen LogP contribution in [0.4, 0.5) is 11.4 Å². The summed E-state index contributed by atoms with van der Waals surface area (Å²) >= 11 is 5.74. The van der Waals surface area contributed by atoms with Gasteiger partial charge in [0.05, 0.1) is 10.6 Å². The van der Waals surface area contributed by atoms with Crippen LogP contribution in [0.3, 0.4) is 0 Å². The van der Waals surface area contributed by atoms with E-state index >= 15 is 0 Å². The third-order valence-corrected chi connectivity index (χ3v) is 2.65. The zero-order valence-electron chi connectivity index (χ0n) is 9.65. The largest absolute Gasteiger partial charge is 0.507 e. The van der Waals surface area contributed by atoms with Gasteiger partial charge in [0.25, 0.3) is 5.69 Å². The van der Waals surface area contributed by atoms with E-state index in [0.29, 0.717) is 10.7 Å². The zero-order valence-corrected chi connectivity index (χ0v) is 10.4. The maximum Gasteiger partial charge on any atom is 0.270 e. The molecule has 0 unspecified atom stereocenters. The topological polar surface area (TPSA) is 75.7 Å². The number of hydrogen-bond donors (Lipinski definition) is 1. The van der Waals surface area contributed by atoms with Crippen molar-refractivity contribution in [2.24, 2.45) is 4.99 Å². The summed E-state index contributed by atoms with van der Waals surface area (Å²) in [7, 11) is 0. The monoisotopic (exact) mass is 276 g/mol. The molecule has 6 heteroatoms. The van der Waals surface area contributed by atoms with Gasteiger partial charge in [0, 0.05) is 28.9 Å². The highest BCUT2D eigenvalue weighted by Gasteiger charge is 2.08. The molecule has 0 radical (unpaired) electrons. The fourth-order valence-electron chi connectivity index (χ4n) is 1.43. The third kappa shape index (κ3) is 3.29. The molecule has 0 aliphatic heterocycles. The first-order chi connectivity index (χ1) is 9.06. The smallest absolute Gasteiger partial charge is 0.270 e.